The predicted octanol–water partition coefficient (Wildman–Crippen LogP) is 8.35. The summed E-state index contributed by atoms with van der Waals surface area (Å²) in [6.07, 6.45) is 1.88. The highest BCUT2D eigenvalue weighted by molar-refractivity contribution is 7.84. The fourth-order valence-corrected chi connectivity index (χ4v) is 8.27. The molecule has 0 saturated heterocycles. The van der Waals surface area contributed by atoms with E-state index < -0.39 is 10.3 Å². The number of unbranched alkanes of at least 4 members (excludes halogenated alkanes) is 1. The summed E-state index contributed by atoms with van der Waals surface area (Å²) in [7, 11) is -4.09. The molecule has 57 heavy (non-hydrogen) atoms. The van der Waals surface area contributed by atoms with Crippen LogP contribution in [0.1, 0.15) is 76.6 Å². The van der Waals surface area contributed by atoms with Crippen molar-refractivity contribution in [2.45, 2.75) is 78.8 Å². The van der Waals surface area contributed by atoms with Crippen LogP contribution in [0.3, 0.4) is 0 Å². The molecule has 1 aliphatic rings. The monoisotopic (exact) mass is 788 g/mol. The molecule has 7 rings (SSSR count). The lowest BCUT2D eigenvalue weighted by atomic mass is 9.84. The van der Waals surface area contributed by atoms with Gasteiger partial charge in [0.25, 0.3) is 0 Å². The lowest BCUT2D eigenvalue weighted by Gasteiger charge is -2.29. The Morgan fingerprint density at radius 1 is 0.877 bits per heavy atom. The number of fused-ring (bicyclic) bond motifs is 2. The number of hydrogen-bond acceptors (Lipinski definition) is 9. The maximum atomic E-state index is 13.4. The molecular formula is C45H48N4O7S. The van der Waals surface area contributed by atoms with Gasteiger partial charge in [0, 0.05) is 37.7 Å². The number of carbonyl (C=O) groups excluding carboxylic acids is 1. The van der Waals surface area contributed by atoms with Crippen molar-refractivity contribution >= 4 is 27.3 Å². The number of carbonyl (C=O) groups is 1. The van der Waals surface area contributed by atoms with Gasteiger partial charge in [0.15, 0.2) is 0 Å². The van der Waals surface area contributed by atoms with Gasteiger partial charge in [-0.1, -0.05) is 90.1 Å². The van der Waals surface area contributed by atoms with Crippen molar-refractivity contribution in [2.24, 2.45) is 0 Å². The summed E-state index contributed by atoms with van der Waals surface area (Å²) in [5, 5.41) is 9.06. The van der Waals surface area contributed by atoms with Gasteiger partial charge in [0.05, 0.1) is 25.2 Å². The van der Waals surface area contributed by atoms with Crippen LogP contribution in [0, 0.1) is 13.8 Å². The second-order valence-corrected chi connectivity index (χ2v) is 15.8. The van der Waals surface area contributed by atoms with E-state index in [9.17, 15) is 13.2 Å². The molecule has 0 spiro atoms. The number of rotatable bonds is 17. The third-order valence-corrected chi connectivity index (χ3v) is 11.6. The van der Waals surface area contributed by atoms with Crippen molar-refractivity contribution in [1.29, 1.82) is 0 Å². The molecule has 0 amide bonds. The van der Waals surface area contributed by atoms with Crippen LogP contribution in [0.15, 0.2) is 109 Å². The Morgan fingerprint density at radius 2 is 1.63 bits per heavy atom. The van der Waals surface area contributed by atoms with Gasteiger partial charge in [-0.25, -0.2) is 4.68 Å². The molecule has 12 heteroatoms. The number of aromatic nitrogens is 3. The van der Waals surface area contributed by atoms with E-state index in [0.29, 0.717) is 37.7 Å². The second kappa shape index (κ2) is 18.1. The topological polar surface area (TPSA) is 122 Å². The number of nitrogens with zero attached hydrogens (tertiary/aromatic N) is 4. The predicted molar refractivity (Wildman–Crippen MR) is 218 cm³/mol. The average Bonchev–Trinajstić information content (AvgIpc) is 3.63. The molecule has 1 unspecified atom stereocenters. The third kappa shape index (κ3) is 9.70. The highest BCUT2D eigenvalue weighted by Gasteiger charge is 2.33. The highest BCUT2D eigenvalue weighted by Crippen LogP contribution is 2.37. The summed E-state index contributed by atoms with van der Waals surface area (Å²) < 4.78 is 53.0. The summed E-state index contributed by atoms with van der Waals surface area (Å²) in [6.45, 7) is 8.55. The van der Waals surface area contributed by atoms with Gasteiger partial charge < -0.3 is 18.4 Å². The molecule has 0 bridgehead atoms. The minimum atomic E-state index is -4.09. The van der Waals surface area contributed by atoms with Crippen molar-refractivity contribution < 1.29 is 31.6 Å². The molecule has 296 valence electrons. The number of esters is 1. The normalized spacial score (nSPS) is 14.2. The molecule has 0 fully saturated rings. The smallest absolute Gasteiger partial charge is 0.385 e. The van der Waals surface area contributed by atoms with Crippen LogP contribution in [-0.2, 0) is 57.4 Å². The first-order valence-electron chi connectivity index (χ1n) is 19.4. The summed E-state index contributed by atoms with van der Waals surface area (Å²) in [6, 6.07) is 35.2. The third-order valence-electron chi connectivity index (χ3n) is 10.3. The summed E-state index contributed by atoms with van der Waals surface area (Å²) in [5.41, 5.74) is 9.01. The van der Waals surface area contributed by atoms with Crippen molar-refractivity contribution in [3.05, 3.63) is 154 Å². The average molecular weight is 789 g/mol. The minimum Gasteiger partial charge on any atom is -0.489 e. The van der Waals surface area contributed by atoms with E-state index in [4.69, 9.17) is 18.4 Å². The number of benzene rings is 5. The van der Waals surface area contributed by atoms with Gasteiger partial charge in [-0.15, -0.1) is 5.10 Å². The lowest BCUT2D eigenvalue weighted by molar-refractivity contribution is -0.143. The number of ether oxygens (including phenoxy) is 3. The van der Waals surface area contributed by atoms with E-state index in [1.807, 2.05) is 103 Å². The van der Waals surface area contributed by atoms with Gasteiger partial charge >= 0.3 is 16.3 Å². The van der Waals surface area contributed by atoms with Crippen LogP contribution < -0.4 is 8.92 Å². The molecule has 1 atom stereocenters. The summed E-state index contributed by atoms with van der Waals surface area (Å²) in [4.78, 5) is 13.1. The molecule has 11 nitrogen and oxygen atoms in total. The molecule has 0 aliphatic carbocycles. The van der Waals surface area contributed by atoms with Crippen LogP contribution in [0.5, 0.6) is 11.5 Å². The van der Waals surface area contributed by atoms with Crippen molar-refractivity contribution in [3.8, 4) is 11.5 Å². The van der Waals surface area contributed by atoms with Crippen molar-refractivity contribution in [1.82, 2.24) is 19.3 Å². The Balaban J connectivity index is 1.08. The Hall–Kier alpha value is -5.56. The van der Waals surface area contributed by atoms with Gasteiger partial charge in [-0.3, -0.25) is 4.79 Å². The molecule has 0 N–H and O–H groups in total. The van der Waals surface area contributed by atoms with Gasteiger partial charge in [-0.2, -0.15) is 12.7 Å². The van der Waals surface area contributed by atoms with Crippen LogP contribution >= 0.6 is 0 Å². The molecule has 6 aromatic rings. The minimum absolute atomic E-state index is 0.0757. The first-order valence-corrected chi connectivity index (χ1v) is 20.7. The Labute approximate surface area is 334 Å². The lowest BCUT2D eigenvalue weighted by Crippen LogP contribution is -2.37. The highest BCUT2D eigenvalue weighted by atomic mass is 32.2. The second-order valence-electron chi connectivity index (χ2n) is 14.3. The number of aryl methyl sites for hydroxylation is 3. The molecule has 0 radical (unpaired) electrons. The fourth-order valence-electron chi connectivity index (χ4n) is 7.18. The zero-order valence-corrected chi connectivity index (χ0v) is 33.4. The first kappa shape index (κ1) is 39.7. The maximum absolute atomic E-state index is 13.4. The van der Waals surface area contributed by atoms with Crippen molar-refractivity contribution in [2.75, 3.05) is 13.2 Å². The number of hydrogen-bond donors (Lipinski definition) is 0. The molecule has 1 aromatic heterocycles. The van der Waals surface area contributed by atoms with E-state index >= 15 is 0 Å². The van der Waals surface area contributed by atoms with Crippen LogP contribution in [-0.4, -0.2) is 46.9 Å². The van der Waals surface area contributed by atoms with E-state index in [0.717, 1.165) is 62.8 Å². The summed E-state index contributed by atoms with van der Waals surface area (Å²) in [5.74, 6) is 0.209. The largest absolute Gasteiger partial charge is 0.489 e. The Kier molecular flexibility index (Phi) is 12.6. The molecule has 1 aliphatic heterocycles. The quantitative estimate of drug-likeness (QED) is 0.0663. The van der Waals surface area contributed by atoms with E-state index in [2.05, 4.69) is 22.4 Å². The van der Waals surface area contributed by atoms with E-state index in [-0.39, 0.29) is 43.8 Å². The van der Waals surface area contributed by atoms with Gasteiger partial charge in [0.1, 0.15) is 23.6 Å². The van der Waals surface area contributed by atoms with Crippen LogP contribution in [0.4, 0.5) is 0 Å². The fraction of sp³-hybridized carbons (Fsp3) is 0.311. The van der Waals surface area contributed by atoms with E-state index in [1.54, 1.807) is 19.1 Å². The maximum Gasteiger partial charge on any atom is 0.385 e. The van der Waals surface area contributed by atoms with Gasteiger partial charge in [-0.05, 0) is 96.8 Å². The van der Waals surface area contributed by atoms with E-state index in [1.165, 1.54) is 4.31 Å². The van der Waals surface area contributed by atoms with Crippen LogP contribution in [0.2, 0.25) is 0 Å². The molecular weight excluding hydrogens is 741 g/mol. The van der Waals surface area contributed by atoms with Crippen LogP contribution in [0.25, 0.3) is 11.0 Å². The zero-order chi connectivity index (χ0) is 39.8. The standard InChI is InChI=1S/C45H48N4O7S/c1-4-54-44(50)27-41(40-20-21-42-45(33(40)3)46-47-49(42)23-11-12-24-53-30-34-13-7-5-8-14-34)36-18-17-32(2)37(25-36)28-48-29-38-26-39(19-22-43(38)56-57(48,51)52)55-31-35-15-9-6-10-16-35/h5-10,13-22,25-26,41H,4,11-12,23-24,27-31H2,1-3H3. The Bertz CT molecular complexity index is 2420. The zero-order valence-electron chi connectivity index (χ0n) is 32.6. The van der Waals surface area contributed by atoms with Gasteiger partial charge in [0.2, 0.25) is 0 Å². The first-order chi connectivity index (χ1) is 27.7. The molecule has 2 heterocycles. The molecule has 0 saturated carbocycles. The summed E-state index contributed by atoms with van der Waals surface area (Å²) >= 11 is 0. The molecule has 5 aromatic carbocycles. The SMILES string of the molecule is CCOC(=O)CC(c1ccc(C)c(CN2Cc3cc(OCc4ccccc4)ccc3OS2(=O)=O)c1)c1ccc2c(nnn2CCCCOCc2ccccc2)c1C. The van der Waals surface area contributed by atoms with Crippen molar-refractivity contribution in [3.63, 3.8) is 0 Å². The Morgan fingerprint density at radius 3 is 2.39 bits per heavy atom.